The van der Waals surface area contributed by atoms with E-state index in [2.05, 4.69) is 20.3 Å². The summed E-state index contributed by atoms with van der Waals surface area (Å²) in [5, 5.41) is 3.86. The Balaban J connectivity index is 1.44. The number of hydrogen-bond acceptors (Lipinski definition) is 6. The smallest absolute Gasteiger partial charge is 0.251 e. The van der Waals surface area contributed by atoms with Crippen molar-refractivity contribution in [1.29, 1.82) is 0 Å². The minimum atomic E-state index is -0.269. The summed E-state index contributed by atoms with van der Waals surface area (Å²) >= 11 is 2.86. The van der Waals surface area contributed by atoms with Crippen molar-refractivity contribution in [2.45, 2.75) is 24.3 Å². The van der Waals surface area contributed by atoms with Gasteiger partial charge in [0.25, 0.3) is 5.56 Å². The van der Waals surface area contributed by atoms with Gasteiger partial charge in [-0.05, 0) is 24.1 Å². The molecule has 2 N–H and O–H groups in total. The summed E-state index contributed by atoms with van der Waals surface area (Å²) in [5.41, 5.74) is 3.25. The molecule has 146 valence electrons. The number of fused-ring (bicyclic) bond motifs is 1. The Bertz CT molecular complexity index is 1220. The Kier molecular flexibility index (Phi) is 5.73. The van der Waals surface area contributed by atoms with E-state index in [1.54, 1.807) is 0 Å². The highest BCUT2D eigenvalue weighted by molar-refractivity contribution is 7.98. The molecule has 8 heteroatoms. The van der Waals surface area contributed by atoms with Gasteiger partial charge in [-0.3, -0.25) is 9.59 Å². The summed E-state index contributed by atoms with van der Waals surface area (Å²) in [6.07, 6.45) is 0.0116. The molecule has 0 saturated heterocycles. The normalized spacial score (nSPS) is 10.9. The van der Waals surface area contributed by atoms with E-state index in [1.165, 1.54) is 29.2 Å². The number of nitrogens with zero attached hydrogens (tertiary/aromatic N) is 2. The average molecular weight is 423 g/mol. The van der Waals surface area contributed by atoms with Crippen molar-refractivity contribution in [3.05, 3.63) is 81.8 Å². The third-order valence-electron chi connectivity index (χ3n) is 4.20. The molecule has 1 amide bonds. The predicted octanol–water partition coefficient (Wildman–Crippen LogP) is 4.16. The van der Waals surface area contributed by atoms with Crippen LogP contribution in [-0.2, 0) is 17.0 Å². The second-order valence-electron chi connectivity index (χ2n) is 6.48. The molecule has 2 heterocycles. The summed E-state index contributed by atoms with van der Waals surface area (Å²) < 4.78 is 1.02. The Labute approximate surface area is 175 Å². The molecular formula is C21H18N4O2S2. The molecule has 0 unspecified atom stereocenters. The van der Waals surface area contributed by atoms with Crippen LogP contribution in [0.2, 0.25) is 0 Å². The van der Waals surface area contributed by atoms with Gasteiger partial charge in [-0.2, -0.15) is 0 Å². The van der Waals surface area contributed by atoms with Crippen LogP contribution >= 0.6 is 23.1 Å². The zero-order valence-electron chi connectivity index (χ0n) is 15.6. The third kappa shape index (κ3) is 4.90. The largest absolute Gasteiger partial charge is 0.302 e. The molecule has 0 fully saturated rings. The first-order valence-electron chi connectivity index (χ1n) is 9.00. The van der Waals surface area contributed by atoms with Crippen molar-refractivity contribution in [2.75, 3.05) is 5.32 Å². The Morgan fingerprint density at radius 1 is 1.14 bits per heavy atom. The molecule has 0 bridgehead atoms. The van der Waals surface area contributed by atoms with Crippen molar-refractivity contribution in [1.82, 2.24) is 15.0 Å². The number of carbonyl (C=O) groups is 1. The van der Waals surface area contributed by atoms with Gasteiger partial charge in [-0.25, -0.2) is 9.97 Å². The number of aryl methyl sites for hydroxylation is 1. The highest BCUT2D eigenvalue weighted by atomic mass is 32.2. The van der Waals surface area contributed by atoms with Gasteiger partial charge in [0.05, 0.1) is 22.3 Å². The standard InChI is InChI=1S/C21H18N4O2S2/c1-13-6-5-9-16-19(13)25-21(29-16)24-18(27)11-15-10-17(26)23-20(22-15)28-12-14-7-3-2-4-8-14/h2-10H,11-12H2,1H3,(H,22,23,26)(H,24,25,27). The van der Waals surface area contributed by atoms with E-state index in [4.69, 9.17) is 0 Å². The summed E-state index contributed by atoms with van der Waals surface area (Å²) in [4.78, 5) is 36.0. The predicted molar refractivity (Wildman–Crippen MR) is 118 cm³/mol. The van der Waals surface area contributed by atoms with Gasteiger partial charge in [0.15, 0.2) is 10.3 Å². The third-order valence-corrected chi connectivity index (χ3v) is 6.08. The Morgan fingerprint density at radius 2 is 1.97 bits per heavy atom. The zero-order chi connectivity index (χ0) is 20.2. The van der Waals surface area contributed by atoms with Crippen LogP contribution in [0, 0.1) is 6.92 Å². The molecule has 4 rings (SSSR count). The van der Waals surface area contributed by atoms with Gasteiger partial charge in [0, 0.05) is 11.8 Å². The van der Waals surface area contributed by atoms with Crippen LogP contribution in [0.15, 0.2) is 64.5 Å². The van der Waals surface area contributed by atoms with Gasteiger partial charge in [0.2, 0.25) is 5.91 Å². The number of anilines is 1. The molecule has 0 saturated carbocycles. The first kappa shape index (κ1) is 19.4. The number of rotatable bonds is 6. The number of hydrogen-bond donors (Lipinski definition) is 2. The minimum Gasteiger partial charge on any atom is -0.302 e. The van der Waals surface area contributed by atoms with Crippen LogP contribution in [0.25, 0.3) is 10.2 Å². The van der Waals surface area contributed by atoms with Crippen molar-refractivity contribution in [2.24, 2.45) is 0 Å². The van der Waals surface area contributed by atoms with Crippen molar-refractivity contribution in [3.8, 4) is 0 Å². The molecule has 2 aromatic carbocycles. The first-order chi connectivity index (χ1) is 14.1. The molecule has 0 atom stereocenters. The lowest BCUT2D eigenvalue weighted by molar-refractivity contribution is -0.115. The summed E-state index contributed by atoms with van der Waals surface area (Å²) in [5.74, 6) is 0.434. The van der Waals surface area contributed by atoms with Crippen molar-refractivity contribution in [3.63, 3.8) is 0 Å². The summed E-state index contributed by atoms with van der Waals surface area (Å²) in [6, 6.07) is 17.2. The number of amides is 1. The molecule has 4 aromatic rings. The molecule has 6 nitrogen and oxygen atoms in total. The highest BCUT2D eigenvalue weighted by Crippen LogP contribution is 2.28. The second kappa shape index (κ2) is 8.59. The van der Waals surface area contributed by atoms with E-state index >= 15 is 0 Å². The fourth-order valence-electron chi connectivity index (χ4n) is 2.84. The zero-order valence-corrected chi connectivity index (χ0v) is 17.3. The molecule has 29 heavy (non-hydrogen) atoms. The number of aromatic amines is 1. The number of thiazole rings is 1. The molecule has 0 aliphatic carbocycles. The van der Waals surface area contributed by atoms with E-state index in [-0.39, 0.29) is 17.9 Å². The van der Waals surface area contributed by atoms with E-state index in [9.17, 15) is 9.59 Å². The lowest BCUT2D eigenvalue weighted by atomic mass is 10.2. The lowest BCUT2D eigenvalue weighted by Crippen LogP contribution is -2.18. The maximum atomic E-state index is 12.4. The SMILES string of the molecule is Cc1cccc2sc(NC(=O)Cc3cc(=O)[nH]c(SCc4ccccc4)n3)nc12. The number of thioether (sulfide) groups is 1. The van der Waals surface area contributed by atoms with Crippen LogP contribution in [0.3, 0.4) is 0 Å². The topological polar surface area (TPSA) is 87.7 Å². The quantitative estimate of drug-likeness (QED) is 0.360. The summed E-state index contributed by atoms with van der Waals surface area (Å²) in [7, 11) is 0. The van der Waals surface area contributed by atoms with Crippen LogP contribution in [-0.4, -0.2) is 20.9 Å². The number of aromatic nitrogens is 3. The van der Waals surface area contributed by atoms with Gasteiger partial charge in [-0.15, -0.1) is 0 Å². The maximum absolute atomic E-state index is 12.4. The van der Waals surface area contributed by atoms with Crippen LogP contribution in [0.4, 0.5) is 5.13 Å². The fourth-order valence-corrected chi connectivity index (χ4v) is 4.65. The van der Waals surface area contributed by atoms with Crippen LogP contribution in [0.5, 0.6) is 0 Å². The molecule has 0 spiro atoms. The average Bonchev–Trinajstić information content (AvgIpc) is 3.10. The lowest BCUT2D eigenvalue weighted by Gasteiger charge is -2.05. The van der Waals surface area contributed by atoms with E-state index in [1.807, 2.05) is 55.5 Å². The number of nitrogens with one attached hydrogen (secondary N) is 2. The summed E-state index contributed by atoms with van der Waals surface area (Å²) in [6.45, 7) is 1.99. The molecular weight excluding hydrogens is 404 g/mol. The maximum Gasteiger partial charge on any atom is 0.251 e. The Hall–Kier alpha value is -2.97. The molecule has 2 aromatic heterocycles. The van der Waals surface area contributed by atoms with Crippen molar-refractivity contribution >= 4 is 44.4 Å². The monoisotopic (exact) mass is 422 g/mol. The number of H-pyrrole nitrogens is 1. The van der Waals surface area contributed by atoms with E-state index < -0.39 is 0 Å². The van der Waals surface area contributed by atoms with Gasteiger partial charge in [0.1, 0.15) is 0 Å². The number of para-hydroxylation sites is 1. The van der Waals surface area contributed by atoms with Crippen LogP contribution < -0.4 is 10.9 Å². The molecule has 0 aliphatic heterocycles. The van der Waals surface area contributed by atoms with Crippen LogP contribution in [0.1, 0.15) is 16.8 Å². The van der Waals surface area contributed by atoms with Gasteiger partial charge in [-0.1, -0.05) is 65.6 Å². The van der Waals surface area contributed by atoms with E-state index in [0.717, 1.165) is 21.3 Å². The van der Waals surface area contributed by atoms with Gasteiger partial charge < -0.3 is 10.3 Å². The highest BCUT2D eigenvalue weighted by Gasteiger charge is 2.12. The van der Waals surface area contributed by atoms with Gasteiger partial charge >= 0.3 is 0 Å². The second-order valence-corrected chi connectivity index (χ2v) is 8.48. The van der Waals surface area contributed by atoms with Crippen molar-refractivity contribution < 1.29 is 4.79 Å². The molecule has 0 radical (unpaired) electrons. The Morgan fingerprint density at radius 3 is 2.76 bits per heavy atom. The number of carbonyl (C=O) groups excluding carboxylic acids is 1. The minimum absolute atomic E-state index is 0.0116. The molecule has 0 aliphatic rings. The number of benzene rings is 2. The fraction of sp³-hybridized carbons (Fsp3) is 0.143. The van der Waals surface area contributed by atoms with E-state index in [0.29, 0.717) is 21.7 Å². The first-order valence-corrected chi connectivity index (χ1v) is 10.8.